The van der Waals surface area contributed by atoms with Crippen LogP contribution in [0.5, 0.6) is 0 Å². The molecule has 0 aliphatic heterocycles. The molecule has 0 saturated heterocycles. The summed E-state index contributed by atoms with van der Waals surface area (Å²) < 4.78 is 26.0. The standard InChI is InChI=1S/C19H23N3O4S/c1-15-10-12-16(13-11-15)19(20)21-26-18(23)9-6-14-22(2)27(24,25)17-7-4-3-5-8-17/h3-5,7-8,10-13H,6,9,14H2,1-2H3,(H2,20,21). The lowest BCUT2D eigenvalue weighted by Gasteiger charge is -2.16. The van der Waals surface area contributed by atoms with Gasteiger partial charge in [-0.15, -0.1) is 0 Å². The van der Waals surface area contributed by atoms with E-state index in [1.807, 2.05) is 19.1 Å². The topological polar surface area (TPSA) is 102 Å². The fourth-order valence-corrected chi connectivity index (χ4v) is 3.49. The minimum absolute atomic E-state index is 0.0271. The van der Waals surface area contributed by atoms with E-state index in [-0.39, 0.29) is 23.7 Å². The molecule has 0 heterocycles. The summed E-state index contributed by atoms with van der Waals surface area (Å²) in [5.41, 5.74) is 7.51. The van der Waals surface area contributed by atoms with Crippen LogP contribution in [0.2, 0.25) is 0 Å². The molecule has 2 N–H and O–H groups in total. The van der Waals surface area contributed by atoms with Gasteiger partial charge < -0.3 is 10.6 Å². The zero-order chi connectivity index (χ0) is 19.9. The maximum absolute atomic E-state index is 12.4. The van der Waals surface area contributed by atoms with Crippen LogP contribution in [0.25, 0.3) is 0 Å². The van der Waals surface area contributed by atoms with Gasteiger partial charge in [0.25, 0.3) is 0 Å². The van der Waals surface area contributed by atoms with Crippen molar-refractivity contribution >= 4 is 21.8 Å². The molecule has 0 radical (unpaired) electrons. The van der Waals surface area contributed by atoms with Crippen LogP contribution in [0.3, 0.4) is 0 Å². The molecule has 0 atom stereocenters. The predicted octanol–water partition coefficient (Wildman–Crippen LogP) is 2.26. The van der Waals surface area contributed by atoms with Gasteiger partial charge in [-0.05, 0) is 25.5 Å². The van der Waals surface area contributed by atoms with Gasteiger partial charge in [0, 0.05) is 25.6 Å². The summed E-state index contributed by atoms with van der Waals surface area (Å²) in [6.45, 7) is 2.13. The molecule has 7 nitrogen and oxygen atoms in total. The van der Waals surface area contributed by atoms with Crippen molar-refractivity contribution in [2.24, 2.45) is 10.9 Å². The van der Waals surface area contributed by atoms with Crippen molar-refractivity contribution in [3.63, 3.8) is 0 Å². The molecule has 2 aromatic carbocycles. The molecule has 0 amide bonds. The molecule has 0 saturated carbocycles. The van der Waals surface area contributed by atoms with E-state index < -0.39 is 16.0 Å². The lowest BCUT2D eigenvalue weighted by atomic mass is 10.1. The first kappa shape index (κ1) is 20.6. The molecule has 0 aliphatic rings. The Labute approximate surface area is 159 Å². The van der Waals surface area contributed by atoms with Crippen LogP contribution in [0, 0.1) is 6.92 Å². The summed E-state index contributed by atoms with van der Waals surface area (Å²) in [5.74, 6) is -0.470. The van der Waals surface area contributed by atoms with E-state index in [4.69, 9.17) is 10.6 Å². The average molecular weight is 389 g/mol. The van der Waals surface area contributed by atoms with Crippen LogP contribution < -0.4 is 5.73 Å². The van der Waals surface area contributed by atoms with E-state index in [0.717, 1.165) is 5.56 Å². The molecule has 0 bridgehead atoms. The zero-order valence-corrected chi connectivity index (χ0v) is 16.1. The summed E-state index contributed by atoms with van der Waals surface area (Å²) in [6.07, 6.45) is 0.334. The highest BCUT2D eigenvalue weighted by atomic mass is 32.2. The minimum atomic E-state index is -3.57. The zero-order valence-electron chi connectivity index (χ0n) is 15.3. The number of rotatable bonds is 8. The molecule has 0 aromatic heterocycles. The van der Waals surface area contributed by atoms with E-state index in [1.165, 1.54) is 23.5 Å². The Balaban J connectivity index is 1.82. The number of nitrogens with zero attached hydrogens (tertiary/aromatic N) is 2. The van der Waals surface area contributed by atoms with Gasteiger partial charge >= 0.3 is 5.97 Å². The average Bonchev–Trinajstić information content (AvgIpc) is 2.67. The Kier molecular flexibility index (Phi) is 7.09. The van der Waals surface area contributed by atoms with Crippen molar-refractivity contribution in [2.75, 3.05) is 13.6 Å². The van der Waals surface area contributed by atoms with E-state index in [1.54, 1.807) is 30.3 Å². The lowest BCUT2D eigenvalue weighted by molar-refractivity contribution is -0.143. The molecule has 0 unspecified atom stereocenters. The Morgan fingerprint density at radius 3 is 2.37 bits per heavy atom. The van der Waals surface area contributed by atoms with Gasteiger partial charge in [0.2, 0.25) is 10.0 Å². The minimum Gasteiger partial charge on any atom is -0.380 e. The number of oxime groups is 1. The molecule has 2 rings (SSSR count). The molecule has 0 fully saturated rings. The molecule has 2 aromatic rings. The molecular formula is C19H23N3O4S. The van der Waals surface area contributed by atoms with Gasteiger partial charge in [0.1, 0.15) is 0 Å². The van der Waals surface area contributed by atoms with Crippen molar-refractivity contribution in [3.8, 4) is 0 Å². The van der Waals surface area contributed by atoms with Crippen molar-refractivity contribution < 1.29 is 18.0 Å². The second-order valence-electron chi connectivity index (χ2n) is 6.05. The highest BCUT2D eigenvalue weighted by Crippen LogP contribution is 2.14. The number of benzene rings is 2. The second kappa shape index (κ2) is 9.29. The first-order chi connectivity index (χ1) is 12.8. The lowest BCUT2D eigenvalue weighted by Crippen LogP contribution is -2.28. The summed E-state index contributed by atoms with van der Waals surface area (Å²) in [7, 11) is -2.10. The highest BCUT2D eigenvalue weighted by Gasteiger charge is 2.20. The largest absolute Gasteiger partial charge is 0.380 e. The van der Waals surface area contributed by atoms with E-state index in [9.17, 15) is 13.2 Å². The molecule has 0 aliphatic carbocycles. The van der Waals surface area contributed by atoms with Gasteiger partial charge in [0.15, 0.2) is 5.84 Å². The number of amidine groups is 1. The van der Waals surface area contributed by atoms with Crippen molar-refractivity contribution in [2.45, 2.75) is 24.7 Å². The van der Waals surface area contributed by atoms with Crippen molar-refractivity contribution in [1.82, 2.24) is 4.31 Å². The predicted molar refractivity (Wildman–Crippen MR) is 103 cm³/mol. The molecule has 144 valence electrons. The third-order valence-corrected chi connectivity index (χ3v) is 5.77. The third-order valence-electron chi connectivity index (χ3n) is 3.90. The number of nitrogens with two attached hydrogens (primary N) is 1. The molecule has 8 heteroatoms. The quantitative estimate of drug-likeness (QED) is 0.323. The van der Waals surface area contributed by atoms with E-state index in [0.29, 0.717) is 12.0 Å². The molecule has 27 heavy (non-hydrogen) atoms. The van der Waals surface area contributed by atoms with Crippen LogP contribution in [-0.4, -0.2) is 38.1 Å². The van der Waals surface area contributed by atoms with Gasteiger partial charge in [-0.25, -0.2) is 17.5 Å². The fourth-order valence-electron chi connectivity index (χ4n) is 2.26. The summed E-state index contributed by atoms with van der Waals surface area (Å²) >= 11 is 0. The Bertz CT molecular complexity index is 894. The van der Waals surface area contributed by atoms with Gasteiger partial charge in [-0.2, -0.15) is 0 Å². The number of sulfonamides is 1. The number of aryl methyl sites for hydroxylation is 1. The monoisotopic (exact) mass is 389 g/mol. The summed E-state index contributed by atoms with van der Waals surface area (Å²) in [6, 6.07) is 15.5. The first-order valence-electron chi connectivity index (χ1n) is 8.42. The van der Waals surface area contributed by atoms with E-state index in [2.05, 4.69) is 5.16 Å². The number of carbonyl (C=O) groups is 1. The SMILES string of the molecule is Cc1ccc(C(N)=NOC(=O)CCCN(C)S(=O)(=O)c2ccccc2)cc1. The second-order valence-corrected chi connectivity index (χ2v) is 8.09. The van der Waals surface area contributed by atoms with Crippen molar-refractivity contribution in [3.05, 3.63) is 65.7 Å². The first-order valence-corrected chi connectivity index (χ1v) is 9.86. The van der Waals surface area contributed by atoms with Crippen LogP contribution in [0.4, 0.5) is 0 Å². The Morgan fingerprint density at radius 2 is 1.74 bits per heavy atom. The summed E-state index contributed by atoms with van der Waals surface area (Å²) in [4.78, 5) is 16.8. The van der Waals surface area contributed by atoms with Gasteiger partial charge in [-0.1, -0.05) is 53.2 Å². The van der Waals surface area contributed by atoms with Crippen LogP contribution >= 0.6 is 0 Å². The van der Waals surface area contributed by atoms with Crippen molar-refractivity contribution in [1.29, 1.82) is 0 Å². The van der Waals surface area contributed by atoms with E-state index >= 15 is 0 Å². The van der Waals surface area contributed by atoms with Crippen LogP contribution in [-0.2, 0) is 19.7 Å². The maximum atomic E-state index is 12.4. The van der Waals surface area contributed by atoms with Gasteiger partial charge in [0.05, 0.1) is 4.90 Å². The van der Waals surface area contributed by atoms with Crippen LogP contribution in [0.15, 0.2) is 64.6 Å². The Morgan fingerprint density at radius 1 is 1.11 bits per heavy atom. The number of hydrogen-bond acceptors (Lipinski definition) is 5. The third kappa shape index (κ3) is 5.90. The summed E-state index contributed by atoms with van der Waals surface area (Å²) in [5, 5.41) is 3.63. The molecule has 0 spiro atoms. The maximum Gasteiger partial charge on any atom is 0.335 e. The fraction of sp³-hybridized carbons (Fsp3) is 0.263. The van der Waals surface area contributed by atoms with Crippen LogP contribution in [0.1, 0.15) is 24.0 Å². The van der Waals surface area contributed by atoms with Gasteiger partial charge in [-0.3, -0.25) is 0 Å². The highest BCUT2D eigenvalue weighted by molar-refractivity contribution is 7.89. The normalized spacial score (nSPS) is 12.2. The Hall–Kier alpha value is -2.71. The number of carbonyl (C=O) groups excluding carboxylic acids is 1. The number of hydrogen-bond donors (Lipinski definition) is 1. The molecular weight excluding hydrogens is 366 g/mol. The smallest absolute Gasteiger partial charge is 0.335 e.